The number of benzene rings is 1. The summed E-state index contributed by atoms with van der Waals surface area (Å²) in [6, 6.07) is 4.50. The third kappa shape index (κ3) is 1.98. The molecular weight excluding hydrogens is 242 g/mol. The smallest absolute Gasteiger partial charge is 0.312 e. The Morgan fingerprint density at radius 3 is 2.88 bits per heavy atom. The van der Waals surface area contributed by atoms with E-state index < -0.39 is 24.5 Å². The molecule has 0 radical (unpaired) electrons. The SMILES string of the molecule is [2H]C([2H])([2H])OC(c1ccc(Cl)c(N)c1)C1(C(=O)O)CC1. The van der Waals surface area contributed by atoms with Gasteiger partial charge in [-0.25, -0.2) is 0 Å². The number of methoxy groups -OCH3 is 1. The molecule has 1 fully saturated rings. The van der Waals surface area contributed by atoms with Gasteiger partial charge in [0.05, 0.1) is 26.3 Å². The predicted molar refractivity (Wildman–Crippen MR) is 64.9 cm³/mol. The molecule has 1 aliphatic rings. The van der Waals surface area contributed by atoms with E-state index in [-0.39, 0.29) is 5.69 Å². The van der Waals surface area contributed by atoms with Gasteiger partial charge in [-0.1, -0.05) is 17.7 Å². The van der Waals surface area contributed by atoms with Crippen LogP contribution in [0, 0.1) is 5.41 Å². The van der Waals surface area contributed by atoms with Crippen molar-refractivity contribution in [1.82, 2.24) is 0 Å². The molecule has 0 bridgehead atoms. The van der Waals surface area contributed by atoms with Gasteiger partial charge < -0.3 is 15.6 Å². The van der Waals surface area contributed by atoms with E-state index in [9.17, 15) is 9.90 Å². The fourth-order valence-electron chi connectivity index (χ4n) is 1.95. The Bertz CT molecular complexity index is 543. The maximum Gasteiger partial charge on any atom is 0.312 e. The number of carboxylic acid groups (broad SMARTS) is 1. The Kier molecular flexibility index (Phi) is 2.17. The second-order valence-corrected chi connectivity index (χ2v) is 4.65. The predicted octanol–water partition coefficient (Wildman–Crippen LogP) is 2.47. The zero-order valence-corrected chi connectivity index (χ0v) is 9.70. The molecule has 4 nitrogen and oxygen atoms in total. The zero-order valence-electron chi connectivity index (χ0n) is 11.9. The van der Waals surface area contributed by atoms with Crippen LogP contribution in [0.1, 0.15) is 28.6 Å². The first-order valence-electron chi connectivity index (χ1n) is 6.62. The van der Waals surface area contributed by atoms with E-state index in [1.54, 1.807) is 0 Å². The molecule has 3 N–H and O–H groups in total. The number of rotatable bonds is 4. The molecule has 17 heavy (non-hydrogen) atoms. The number of carbonyl (C=O) groups is 1. The van der Waals surface area contributed by atoms with Crippen LogP contribution in [0.2, 0.25) is 5.02 Å². The second-order valence-electron chi connectivity index (χ2n) is 4.24. The van der Waals surface area contributed by atoms with Gasteiger partial charge in [-0.15, -0.1) is 0 Å². The van der Waals surface area contributed by atoms with Gasteiger partial charge in [0.25, 0.3) is 0 Å². The van der Waals surface area contributed by atoms with E-state index in [0.717, 1.165) is 0 Å². The van der Waals surface area contributed by atoms with Crippen LogP contribution in [0.4, 0.5) is 5.69 Å². The van der Waals surface area contributed by atoms with Crippen LogP contribution in [0.25, 0.3) is 0 Å². The molecule has 1 atom stereocenters. The van der Waals surface area contributed by atoms with Crippen molar-refractivity contribution in [2.24, 2.45) is 5.41 Å². The standard InChI is InChI=1S/C12H14ClNO3/c1-17-10(12(4-5-12)11(15)16)7-2-3-8(13)9(14)6-7/h2-3,6,10H,4-5,14H2,1H3,(H,15,16)/i1D3. The Hall–Kier alpha value is -1.26. The lowest BCUT2D eigenvalue weighted by atomic mass is 9.92. The van der Waals surface area contributed by atoms with Crippen molar-refractivity contribution in [3.63, 3.8) is 0 Å². The van der Waals surface area contributed by atoms with Gasteiger partial charge in [0, 0.05) is 7.04 Å². The number of nitrogens with two attached hydrogens (primary N) is 1. The lowest BCUT2D eigenvalue weighted by Gasteiger charge is -2.23. The maximum absolute atomic E-state index is 11.4. The summed E-state index contributed by atoms with van der Waals surface area (Å²) < 4.78 is 26.7. The summed E-state index contributed by atoms with van der Waals surface area (Å²) in [7, 11) is -2.69. The van der Waals surface area contributed by atoms with Crippen molar-refractivity contribution in [2.45, 2.75) is 18.9 Å². The van der Waals surface area contributed by atoms with Crippen LogP contribution >= 0.6 is 11.6 Å². The van der Waals surface area contributed by atoms with Crippen molar-refractivity contribution >= 4 is 23.3 Å². The topological polar surface area (TPSA) is 72.5 Å². The average Bonchev–Trinajstić information content (AvgIpc) is 3.10. The Morgan fingerprint density at radius 1 is 1.71 bits per heavy atom. The first-order chi connectivity index (χ1) is 9.16. The molecule has 1 aromatic rings. The summed E-state index contributed by atoms with van der Waals surface area (Å²) in [6.07, 6.45) is -0.343. The summed E-state index contributed by atoms with van der Waals surface area (Å²) in [6.45, 7) is 0. The lowest BCUT2D eigenvalue weighted by Crippen LogP contribution is -2.25. The first-order valence-corrected chi connectivity index (χ1v) is 5.50. The minimum atomic E-state index is -2.69. The van der Waals surface area contributed by atoms with Gasteiger partial charge in [0.2, 0.25) is 0 Å². The highest BCUT2D eigenvalue weighted by Gasteiger charge is 2.57. The van der Waals surface area contributed by atoms with E-state index in [0.29, 0.717) is 23.4 Å². The molecule has 1 aromatic carbocycles. The van der Waals surface area contributed by atoms with Crippen molar-refractivity contribution in [2.75, 3.05) is 12.8 Å². The van der Waals surface area contributed by atoms with E-state index in [1.807, 2.05) is 0 Å². The highest BCUT2D eigenvalue weighted by atomic mass is 35.5. The molecule has 1 unspecified atom stereocenters. The molecule has 0 saturated heterocycles. The van der Waals surface area contributed by atoms with Crippen molar-refractivity contribution < 1.29 is 18.8 Å². The monoisotopic (exact) mass is 258 g/mol. The Labute approximate surface area is 109 Å². The third-order valence-electron chi connectivity index (χ3n) is 3.16. The fraction of sp³-hybridized carbons (Fsp3) is 0.417. The molecule has 1 saturated carbocycles. The minimum absolute atomic E-state index is 0.254. The Morgan fingerprint density at radius 2 is 2.41 bits per heavy atom. The van der Waals surface area contributed by atoms with E-state index in [2.05, 4.69) is 0 Å². The summed E-state index contributed by atoms with van der Waals surface area (Å²) >= 11 is 5.82. The number of nitrogen functional groups attached to an aromatic ring is 1. The molecule has 5 heteroatoms. The van der Waals surface area contributed by atoms with Crippen molar-refractivity contribution in [3.05, 3.63) is 28.8 Å². The highest BCUT2D eigenvalue weighted by molar-refractivity contribution is 6.33. The molecule has 2 rings (SSSR count). The Balaban J connectivity index is 2.41. The van der Waals surface area contributed by atoms with Gasteiger partial charge in [0.1, 0.15) is 0 Å². The molecular formula is C12H14ClNO3. The van der Waals surface area contributed by atoms with Crippen LogP contribution in [0.5, 0.6) is 0 Å². The number of halogens is 1. The maximum atomic E-state index is 11.4. The highest BCUT2D eigenvalue weighted by Crippen LogP contribution is 2.56. The summed E-state index contributed by atoms with van der Waals surface area (Å²) in [5.41, 5.74) is 5.15. The summed E-state index contributed by atoms with van der Waals surface area (Å²) in [4.78, 5) is 11.4. The van der Waals surface area contributed by atoms with Crippen LogP contribution < -0.4 is 5.73 Å². The second kappa shape index (κ2) is 4.20. The molecule has 0 amide bonds. The van der Waals surface area contributed by atoms with Crippen LogP contribution in [-0.4, -0.2) is 18.1 Å². The average molecular weight is 259 g/mol. The number of carboxylic acids is 1. The molecule has 0 aliphatic heterocycles. The van der Waals surface area contributed by atoms with Crippen LogP contribution in [0.3, 0.4) is 0 Å². The third-order valence-corrected chi connectivity index (χ3v) is 3.50. The summed E-state index contributed by atoms with van der Waals surface area (Å²) in [5, 5.41) is 9.66. The van der Waals surface area contributed by atoms with Gasteiger partial charge in [-0.3, -0.25) is 4.79 Å². The quantitative estimate of drug-likeness (QED) is 0.814. The largest absolute Gasteiger partial charge is 0.481 e. The first kappa shape index (κ1) is 8.78. The molecule has 1 aliphatic carbocycles. The van der Waals surface area contributed by atoms with Gasteiger partial charge >= 0.3 is 5.97 Å². The molecule has 0 aromatic heterocycles. The van der Waals surface area contributed by atoms with E-state index >= 15 is 0 Å². The van der Waals surface area contributed by atoms with Crippen LogP contribution in [-0.2, 0) is 9.53 Å². The number of hydrogen-bond donors (Lipinski definition) is 2. The van der Waals surface area contributed by atoms with Crippen LogP contribution in [0.15, 0.2) is 18.2 Å². The lowest BCUT2D eigenvalue weighted by molar-refractivity contribution is -0.149. The number of hydrogen-bond acceptors (Lipinski definition) is 3. The normalized spacial score (nSPS) is 22.1. The van der Waals surface area contributed by atoms with Gasteiger partial charge in [-0.05, 0) is 30.5 Å². The van der Waals surface area contributed by atoms with Gasteiger partial charge in [0.15, 0.2) is 0 Å². The van der Waals surface area contributed by atoms with Crippen molar-refractivity contribution in [3.8, 4) is 0 Å². The number of ether oxygens (including phenoxy) is 1. The zero-order chi connectivity index (χ0) is 15.1. The fourth-order valence-corrected chi connectivity index (χ4v) is 2.07. The number of anilines is 1. The van der Waals surface area contributed by atoms with Crippen molar-refractivity contribution in [1.29, 1.82) is 0 Å². The molecule has 0 heterocycles. The minimum Gasteiger partial charge on any atom is -0.481 e. The molecule has 92 valence electrons. The molecule has 0 spiro atoms. The van der Waals surface area contributed by atoms with E-state index in [1.165, 1.54) is 18.2 Å². The van der Waals surface area contributed by atoms with E-state index in [4.69, 9.17) is 26.2 Å². The van der Waals surface area contributed by atoms with Gasteiger partial charge in [-0.2, -0.15) is 0 Å². The number of aliphatic carboxylic acids is 1. The summed E-state index contributed by atoms with van der Waals surface area (Å²) in [5.74, 6) is -1.07.